The summed E-state index contributed by atoms with van der Waals surface area (Å²) in [4.78, 5) is 4.41. The first kappa shape index (κ1) is 14.7. The molecule has 1 atom stereocenters. The zero-order chi connectivity index (χ0) is 14.6. The van der Waals surface area contributed by atoms with E-state index in [-0.39, 0.29) is 0 Å². The predicted molar refractivity (Wildman–Crippen MR) is 77.1 cm³/mol. The van der Waals surface area contributed by atoms with Crippen molar-refractivity contribution in [1.82, 2.24) is 10.1 Å². The van der Waals surface area contributed by atoms with Gasteiger partial charge in [0, 0.05) is 12.2 Å². The van der Waals surface area contributed by atoms with Crippen LogP contribution < -0.4 is 5.73 Å². The van der Waals surface area contributed by atoms with Gasteiger partial charge in [0.05, 0.1) is 6.61 Å². The SMILES string of the molecule is CCCOCC(C)(N)c1noc(-c2ccccc2C)n1. The molecule has 0 aliphatic carbocycles. The summed E-state index contributed by atoms with van der Waals surface area (Å²) in [5.41, 5.74) is 7.46. The molecular weight excluding hydrogens is 254 g/mol. The molecule has 108 valence electrons. The number of ether oxygens (including phenoxy) is 1. The molecule has 0 aliphatic heterocycles. The van der Waals surface area contributed by atoms with E-state index in [2.05, 4.69) is 17.1 Å². The zero-order valence-electron chi connectivity index (χ0n) is 12.2. The summed E-state index contributed by atoms with van der Waals surface area (Å²) < 4.78 is 10.8. The first-order valence-electron chi connectivity index (χ1n) is 6.81. The summed E-state index contributed by atoms with van der Waals surface area (Å²) in [5.74, 6) is 0.956. The minimum absolute atomic E-state index is 0.369. The van der Waals surface area contributed by atoms with E-state index in [9.17, 15) is 0 Å². The van der Waals surface area contributed by atoms with E-state index in [1.165, 1.54) is 0 Å². The molecule has 0 aliphatic rings. The molecule has 2 aromatic rings. The first-order valence-corrected chi connectivity index (χ1v) is 6.81. The average molecular weight is 275 g/mol. The van der Waals surface area contributed by atoms with Gasteiger partial charge in [-0.3, -0.25) is 0 Å². The van der Waals surface area contributed by atoms with Gasteiger partial charge in [0.15, 0.2) is 5.82 Å². The van der Waals surface area contributed by atoms with E-state index >= 15 is 0 Å². The van der Waals surface area contributed by atoms with Crippen molar-refractivity contribution in [3.05, 3.63) is 35.7 Å². The van der Waals surface area contributed by atoms with Gasteiger partial charge in [0.1, 0.15) is 5.54 Å². The van der Waals surface area contributed by atoms with Crippen LogP contribution in [-0.2, 0) is 10.3 Å². The summed E-state index contributed by atoms with van der Waals surface area (Å²) in [7, 11) is 0. The van der Waals surface area contributed by atoms with E-state index < -0.39 is 5.54 Å². The lowest BCUT2D eigenvalue weighted by molar-refractivity contribution is 0.0867. The van der Waals surface area contributed by atoms with Gasteiger partial charge in [-0.15, -0.1) is 0 Å². The topological polar surface area (TPSA) is 74.2 Å². The standard InChI is InChI=1S/C15H21N3O2/c1-4-9-19-10-15(3,16)14-17-13(20-18-14)12-8-6-5-7-11(12)2/h5-8H,4,9-10,16H2,1-3H3. The third-order valence-corrected chi connectivity index (χ3v) is 3.06. The number of nitrogens with zero attached hydrogens (tertiary/aromatic N) is 2. The van der Waals surface area contributed by atoms with Gasteiger partial charge in [0.25, 0.3) is 5.89 Å². The molecule has 1 heterocycles. The van der Waals surface area contributed by atoms with Gasteiger partial charge in [-0.1, -0.05) is 30.3 Å². The van der Waals surface area contributed by atoms with Crippen LogP contribution in [0.3, 0.4) is 0 Å². The number of aromatic nitrogens is 2. The molecule has 0 spiro atoms. The second-order valence-electron chi connectivity index (χ2n) is 5.21. The van der Waals surface area contributed by atoms with Crippen LogP contribution in [0, 0.1) is 6.92 Å². The minimum atomic E-state index is -0.750. The van der Waals surface area contributed by atoms with E-state index in [0.29, 0.717) is 24.9 Å². The summed E-state index contributed by atoms with van der Waals surface area (Å²) in [6.07, 6.45) is 0.955. The van der Waals surface area contributed by atoms with Crippen LogP contribution >= 0.6 is 0 Å². The van der Waals surface area contributed by atoms with Crippen LogP contribution in [0.4, 0.5) is 0 Å². The highest BCUT2D eigenvalue weighted by Crippen LogP contribution is 2.24. The quantitative estimate of drug-likeness (QED) is 0.820. The van der Waals surface area contributed by atoms with Crippen molar-refractivity contribution in [2.24, 2.45) is 5.73 Å². The van der Waals surface area contributed by atoms with Crippen LogP contribution in [0.1, 0.15) is 31.7 Å². The average Bonchev–Trinajstić information content (AvgIpc) is 2.90. The molecule has 0 saturated carbocycles. The van der Waals surface area contributed by atoms with Gasteiger partial charge < -0.3 is 15.0 Å². The van der Waals surface area contributed by atoms with Crippen LogP contribution in [-0.4, -0.2) is 23.4 Å². The van der Waals surface area contributed by atoms with Crippen molar-refractivity contribution < 1.29 is 9.26 Å². The maximum atomic E-state index is 6.20. The Bertz CT molecular complexity index is 564. The van der Waals surface area contributed by atoms with Crippen molar-refractivity contribution in [3.63, 3.8) is 0 Å². The Labute approximate surface area is 119 Å². The maximum Gasteiger partial charge on any atom is 0.258 e. The van der Waals surface area contributed by atoms with E-state index in [1.807, 2.05) is 38.1 Å². The van der Waals surface area contributed by atoms with Gasteiger partial charge in [0.2, 0.25) is 0 Å². The molecule has 1 aromatic carbocycles. The fourth-order valence-corrected chi connectivity index (χ4v) is 1.87. The molecule has 0 radical (unpaired) electrons. The molecular formula is C15H21N3O2. The van der Waals surface area contributed by atoms with Crippen molar-refractivity contribution in [2.75, 3.05) is 13.2 Å². The monoisotopic (exact) mass is 275 g/mol. The van der Waals surface area contributed by atoms with Gasteiger partial charge in [-0.05, 0) is 31.9 Å². The number of rotatable bonds is 6. The second-order valence-corrected chi connectivity index (χ2v) is 5.21. The highest BCUT2D eigenvalue weighted by Gasteiger charge is 2.28. The number of hydrogen-bond acceptors (Lipinski definition) is 5. The number of hydrogen-bond donors (Lipinski definition) is 1. The third-order valence-electron chi connectivity index (χ3n) is 3.06. The summed E-state index contributed by atoms with van der Waals surface area (Å²) in [6.45, 7) is 6.95. The fourth-order valence-electron chi connectivity index (χ4n) is 1.87. The highest BCUT2D eigenvalue weighted by atomic mass is 16.5. The molecule has 1 unspecified atom stereocenters. The molecule has 0 amide bonds. The minimum Gasteiger partial charge on any atom is -0.379 e. The Morgan fingerprint density at radius 3 is 2.80 bits per heavy atom. The summed E-state index contributed by atoms with van der Waals surface area (Å²) >= 11 is 0. The summed E-state index contributed by atoms with van der Waals surface area (Å²) in [6, 6.07) is 7.87. The van der Waals surface area contributed by atoms with Gasteiger partial charge in [-0.2, -0.15) is 4.98 Å². The highest BCUT2D eigenvalue weighted by molar-refractivity contribution is 5.57. The van der Waals surface area contributed by atoms with Crippen LogP contribution in [0.5, 0.6) is 0 Å². The van der Waals surface area contributed by atoms with Crippen molar-refractivity contribution in [3.8, 4) is 11.5 Å². The number of aryl methyl sites for hydroxylation is 1. The Hall–Kier alpha value is -1.72. The van der Waals surface area contributed by atoms with E-state index in [1.54, 1.807) is 0 Å². The van der Waals surface area contributed by atoms with E-state index in [4.69, 9.17) is 15.0 Å². The lowest BCUT2D eigenvalue weighted by Crippen LogP contribution is -2.39. The zero-order valence-corrected chi connectivity index (χ0v) is 12.2. The smallest absolute Gasteiger partial charge is 0.258 e. The Kier molecular flexibility index (Phi) is 4.52. The number of benzene rings is 1. The van der Waals surface area contributed by atoms with E-state index in [0.717, 1.165) is 17.5 Å². The molecule has 0 bridgehead atoms. The molecule has 1 aromatic heterocycles. The Morgan fingerprint density at radius 1 is 1.35 bits per heavy atom. The van der Waals surface area contributed by atoms with Gasteiger partial charge in [-0.25, -0.2) is 0 Å². The van der Waals surface area contributed by atoms with Crippen LogP contribution in [0.2, 0.25) is 0 Å². The molecule has 5 heteroatoms. The lowest BCUT2D eigenvalue weighted by atomic mass is 10.0. The van der Waals surface area contributed by atoms with Crippen molar-refractivity contribution in [2.45, 2.75) is 32.7 Å². The van der Waals surface area contributed by atoms with Crippen molar-refractivity contribution in [1.29, 1.82) is 0 Å². The lowest BCUT2D eigenvalue weighted by Gasteiger charge is -2.19. The second kappa shape index (κ2) is 6.15. The first-order chi connectivity index (χ1) is 9.54. The molecule has 2 N–H and O–H groups in total. The molecule has 0 fully saturated rings. The largest absolute Gasteiger partial charge is 0.379 e. The normalized spacial score (nSPS) is 14.2. The number of nitrogens with two attached hydrogens (primary N) is 1. The van der Waals surface area contributed by atoms with Gasteiger partial charge >= 0.3 is 0 Å². The predicted octanol–water partition coefficient (Wildman–Crippen LogP) is 2.65. The summed E-state index contributed by atoms with van der Waals surface area (Å²) in [5, 5.41) is 3.99. The van der Waals surface area contributed by atoms with Crippen LogP contribution in [0.25, 0.3) is 11.5 Å². The Morgan fingerprint density at radius 2 is 2.10 bits per heavy atom. The fraction of sp³-hybridized carbons (Fsp3) is 0.467. The van der Waals surface area contributed by atoms with Crippen molar-refractivity contribution >= 4 is 0 Å². The Balaban J connectivity index is 2.18. The maximum absolute atomic E-state index is 6.20. The third kappa shape index (κ3) is 3.23. The molecule has 0 saturated heterocycles. The van der Waals surface area contributed by atoms with Crippen LogP contribution in [0.15, 0.2) is 28.8 Å². The molecule has 20 heavy (non-hydrogen) atoms. The molecule has 2 rings (SSSR count). The molecule has 5 nitrogen and oxygen atoms in total.